The predicted molar refractivity (Wildman–Crippen MR) is 95.7 cm³/mol. The van der Waals surface area contributed by atoms with E-state index in [9.17, 15) is 9.90 Å². The molecule has 0 saturated carbocycles. The van der Waals surface area contributed by atoms with Crippen LogP contribution in [0.4, 0.5) is 4.79 Å². The zero-order valence-corrected chi connectivity index (χ0v) is 15.9. The Labute approximate surface area is 144 Å². The van der Waals surface area contributed by atoms with Crippen LogP contribution in [0.25, 0.3) is 5.70 Å². The molecule has 0 aliphatic heterocycles. The standard InChI is InChI=1S/C18H31N3O3/c1-11(2)15(22)16-20-13(4)14(5)21(16)12(3)9-10-19-17(23)24-18(6,7)8/h11,15,22H,3,9-10H2,1-2,4-8H3,(H,19,23). The zero-order valence-electron chi connectivity index (χ0n) is 15.9. The fraction of sp³-hybridized carbons (Fsp3) is 0.667. The molecule has 0 aromatic carbocycles. The topological polar surface area (TPSA) is 76.4 Å². The van der Waals surface area contributed by atoms with E-state index in [0.29, 0.717) is 18.8 Å². The van der Waals surface area contributed by atoms with Gasteiger partial charge in [-0.15, -0.1) is 0 Å². The molecule has 6 nitrogen and oxygen atoms in total. The summed E-state index contributed by atoms with van der Waals surface area (Å²) >= 11 is 0. The van der Waals surface area contributed by atoms with Crippen LogP contribution in [-0.4, -0.2) is 32.9 Å². The number of hydrogen-bond acceptors (Lipinski definition) is 4. The lowest BCUT2D eigenvalue weighted by Crippen LogP contribution is -2.33. The summed E-state index contributed by atoms with van der Waals surface area (Å²) in [7, 11) is 0. The van der Waals surface area contributed by atoms with Crippen LogP contribution in [0, 0.1) is 19.8 Å². The number of aliphatic hydroxyl groups is 1. The van der Waals surface area contributed by atoms with E-state index in [1.54, 1.807) is 0 Å². The molecule has 1 unspecified atom stereocenters. The van der Waals surface area contributed by atoms with E-state index in [-0.39, 0.29) is 5.92 Å². The van der Waals surface area contributed by atoms with E-state index in [1.807, 2.05) is 53.0 Å². The molecular weight excluding hydrogens is 306 g/mol. The van der Waals surface area contributed by atoms with Gasteiger partial charge >= 0.3 is 6.09 Å². The molecule has 0 bridgehead atoms. The summed E-state index contributed by atoms with van der Waals surface area (Å²) < 4.78 is 7.09. The Morgan fingerprint density at radius 3 is 2.46 bits per heavy atom. The Morgan fingerprint density at radius 1 is 1.38 bits per heavy atom. The first-order chi connectivity index (χ1) is 10.9. The molecule has 136 valence electrons. The Morgan fingerprint density at radius 2 is 1.96 bits per heavy atom. The van der Waals surface area contributed by atoms with Crippen molar-refractivity contribution in [1.29, 1.82) is 0 Å². The zero-order chi connectivity index (χ0) is 18.7. The molecule has 24 heavy (non-hydrogen) atoms. The van der Waals surface area contributed by atoms with Crippen LogP contribution in [0.5, 0.6) is 0 Å². The number of carbonyl (C=O) groups excluding carboxylic acids is 1. The predicted octanol–water partition coefficient (Wildman–Crippen LogP) is 3.57. The lowest BCUT2D eigenvalue weighted by Gasteiger charge is -2.21. The molecule has 1 rings (SSSR count). The highest BCUT2D eigenvalue weighted by atomic mass is 16.6. The van der Waals surface area contributed by atoms with Crippen LogP contribution < -0.4 is 5.32 Å². The fourth-order valence-corrected chi connectivity index (χ4v) is 2.27. The Kier molecular flexibility index (Phi) is 6.60. The van der Waals surface area contributed by atoms with Crippen molar-refractivity contribution in [1.82, 2.24) is 14.9 Å². The first-order valence-electron chi connectivity index (χ1n) is 8.33. The molecule has 1 atom stereocenters. The number of amides is 1. The summed E-state index contributed by atoms with van der Waals surface area (Å²) in [5.74, 6) is 0.653. The smallest absolute Gasteiger partial charge is 0.407 e. The van der Waals surface area contributed by atoms with Crippen LogP contribution in [0.3, 0.4) is 0 Å². The number of aryl methyl sites for hydroxylation is 1. The van der Waals surface area contributed by atoms with Gasteiger partial charge in [-0.3, -0.25) is 0 Å². The largest absolute Gasteiger partial charge is 0.444 e. The maximum atomic E-state index is 11.7. The average Bonchev–Trinajstić information content (AvgIpc) is 2.71. The van der Waals surface area contributed by atoms with Gasteiger partial charge in [0.25, 0.3) is 0 Å². The molecule has 0 aliphatic carbocycles. The van der Waals surface area contributed by atoms with Gasteiger partial charge in [-0.1, -0.05) is 20.4 Å². The number of rotatable bonds is 6. The number of nitrogens with zero attached hydrogens (tertiary/aromatic N) is 2. The molecule has 1 aromatic rings. The maximum Gasteiger partial charge on any atom is 0.407 e. The third-order valence-corrected chi connectivity index (χ3v) is 3.66. The Bertz CT molecular complexity index is 597. The molecule has 0 radical (unpaired) electrons. The minimum Gasteiger partial charge on any atom is -0.444 e. The van der Waals surface area contributed by atoms with Gasteiger partial charge < -0.3 is 19.7 Å². The number of ether oxygens (including phenoxy) is 1. The van der Waals surface area contributed by atoms with E-state index < -0.39 is 17.8 Å². The van der Waals surface area contributed by atoms with Crippen molar-refractivity contribution >= 4 is 11.8 Å². The monoisotopic (exact) mass is 337 g/mol. The first-order valence-corrected chi connectivity index (χ1v) is 8.33. The van der Waals surface area contributed by atoms with E-state index in [4.69, 9.17) is 4.74 Å². The van der Waals surface area contributed by atoms with Gasteiger partial charge in [0.15, 0.2) is 0 Å². The summed E-state index contributed by atoms with van der Waals surface area (Å²) in [5.41, 5.74) is 2.07. The Balaban J connectivity index is 2.77. The quantitative estimate of drug-likeness (QED) is 0.832. The van der Waals surface area contributed by atoms with Crippen molar-refractivity contribution in [3.05, 3.63) is 23.8 Å². The molecule has 0 saturated heterocycles. The third-order valence-electron chi connectivity index (χ3n) is 3.66. The van der Waals surface area contributed by atoms with Gasteiger partial charge in [0.2, 0.25) is 0 Å². The molecule has 0 spiro atoms. The SMILES string of the molecule is C=C(CCNC(=O)OC(C)(C)C)n1c(C(O)C(C)C)nc(C)c1C. The molecule has 0 fully saturated rings. The number of hydrogen-bond donors (Lipinski definition) is 2. The average molecular weight is 337 g/mol. The van der Waals surface area contributed by atoms with Crippen molar-refractivity contribution < 1.29 is 14.6 Å². The van der Waals surface area contributed by atoms with Crippen LogP contribution in [0.15, 0.2) is 6.58 Å². The molecule has 1 amide bonds. The summed E-state index contributed by atoms with van der Waals surface area (Å²) in [6.07, 6.45) is -0.572. The van der Waals surface area contributed by atoms with Gasteiger partial charge in [-0.25, -0.2) is 9.78 Å². The minimum absolute atomic E-state index is 0.0534. The minimum atomic E-state index is -0.659. The highest BCUT2D eigenvalue weighted by Gasteiger charge is 2.22. The van der Waals surface area contributed by atoms with E-state index in [1.165, 1.54) is 0 Å². The summed E-state index contributed by atoms with van der Waals surface area (Å²) in [4.78, 5) is 16.2. The highest BCUT2D eigenvalue weighted by molar-refractivity contribution is 5.67. The third kappa shape index (κ3) is 5.37. The lowest BCUT2D eigenvalue weighted by molar-refractivity contribution is 0.0529. The maximum absolute atomic E-state index is 11.7. The fourth-order valence-electron chi connectivity index (χ4n) is 2.27. The molecular formula is C18H31N3O3. The van der Waals surface area contributed by atoms with Crippen LogP contribution in [0.1, 0.15) is 64.4 Å². The number of alkyl carbamates (subject to hydrolysis) is 1. The van der Waals surface area contributed by atoms with Crippen LogP contribution in [0.2, 0.25) is 0 Å². The second-order valence-electron chi connectivity index (χ2n) is 7.41. The van der Waals surface area contributed by atoms with Gasteiger partial charge in [0.1, 0.15) is 17.5 Å². The van der Waals surface area contributed by atoms with Crippen LogP contribution in [-0.2, 0) is 4.74 Å². The second-order valence-corrected chi connectivity index (χ2v) is 7.41. The van der Waals surface area contributed by atoms with Crippen molar-refractivity contribution in [2.45, 2.75) is 66.6 Å². The second kappa shape index (κ2) is 7.83. The molecule has 6 heteroatoms. The van der Waals surface area contributed by atoms with Crippen molar-refractivity contribution in [3.63, 3.8) is 0 Å². The first kappa shape index (κ1) is 20.2. The van der Waals surface area contributed by atoms with E-state index in [0.717, 1.165) is 17.1 Å². The van der Waals surface area contributed by atoms with E-state index >= 15 is 0 Å². The normalized spacial score (nSPS) is 13.0. The number of aliphatic hydroxyl groups excluding tert-OH is 1. The molecule has 1 heterocycles. The van der Waals surface area contributed by atoms with Gasteiger partial charge in [0, 0.05) is 24.4 Å². The van der Waals surface area contributed by atoms with Crippen molar-refractivity contribution in [2.75, 3.05) is 6.54 Å². The summed E-state index contributed by atoms with van der Waals surface area (Å²) in [6, 6.07) is 0. The summed E-state index contributed by atoms with van der Waals surface area (Å²) in [6.45, 7) is 17.7. The number of imidazole rings is 1. The molecule has 1 aromatic heterocycles. The van der Waals surface area contributed by atoms with Crippen molar-refractivity contribution in [2.24, 2.45) is 5.92 Å². The number of carbonyl (C=O) groups is 1. The highest BCUT2D eigenvalue weighted by Crippen LogP contribution is 2.26. The lowest BCUT2D eigenvalue weighted by atomic mass is 10.1. The van der Waals surface area contributed by atoms with E-state index in [2.05, 4.69) is 16.9 Å². The number of nitrogens with one attached hydrogen (secondary N) is 1. The molecule has 0 aliphatic rings. The number of aromatic nitrogens is 2. The molecule has 2 N–H and O–H groups in total. The Hall–Kier alpha value is -1.82. The van der Waals surface area contributed by atoms with Gasteiger partial charge in [-0.05, 0) is 40.5 Å². The summed E-state index contributed by atoms with van der Waals surface area (Å²) in [5, 5.41) is 13.1. The van der Waals surface area contributed by atoms with Gasteiger partial charge in [-0.2, -0.15) is 0 Å². The van der Waals surface area contributed by atoms with Crippen molar-refractivity contribution in [3.8, 4) is 0 Å². The van der Waals surface area contributed by atoms with Crippen LogP contribution >= 0.6 is 0 Å². The van der Waals surface area contributed by atoms with Gasteiger partial charge in [0.05, 0.1) is 5.69 Å².